The Hall–Kier alpha value is -2.25. The molecule has 1 unspecified atom stereocenters. The third-order valence-electron chi connectivity index (χ3n) is 3.89. The Morgan fingerprint density at radius 1 is 1.20 bits per heavy atom. The Labute approximate surface area is 152 Å². The van der Waals surface area contributed by atoms with E-state index in [9.17, 15) is 9.59 Å². The predicted molar refractivity (Wildman–Crippen MR) is 99.0 cm³/mol. The van der Waals surface area contributed by atoms with Crippen LogP contribution in [-0.2, 0) is 9.53 Å². The van der Waals surface area contributed by atoms with E-state index in [1.807, 2.05) is 30.3 Å². The fourth-order valence-corrected chi connectivity index (χ4v) is 4.27. The average molecular weight is 372 g/mol. The minimum Gasteiger partial charge on any atom is -0.448 e. The summed E-state index contributed by atoms with van der Waals surface area (Å²) in [6.45, 7) is 1.59. The number of hydrogen-bond donors (Lipinski definition) is 1. The number of benzene rings is 1. The van der Waals surface area contributed by atoms with E-state index in [1.54, 1.807) is 24.3 Å². The van der Waals surface area contributed by atoms with Crippen LogP contribution in [0.4, 0.5) is 0 Å². The van der Waals surface area contributed by atoms with Crippen LogP contribution in [0, 0.1) is 0 Å². The number of carbonyl (C=O) groups is 2. The Morgan fingerprint density at radius 3 is 2.76 bits per heavy atom. The second-order valence-corrected chi connectivity index (χ2v) is 8.10. The number of rotatable bonds is 5. The molecule has 1 atom stereocenters. The van der Waals surface area contributed by atoms with E-state index < -0.39 is 12.1 Å². The van der Waals surface area contributed by atoms with Gasteiger partial charge in [-0.2, -0.15) is 0 Å². The van der Waals surface area contributed by atoms with Crippen LogP contribution in [0.5, 0.6) is 0 Å². The number of carbonyl (C=O) groups excluding carboxylic acids is 2. The molecule has 1 N–H and O–H groups in total. The highest BCUT2D eigenvalue weighted by molar-refractivity contribution is 7.26. The van der Waals surface area contributed by atoms with Gasteiger partial charge in [-0.05, 0) is 44.0 Å². The van der Waals surface area contributed by atoms with Crippen molar-refractivity contribution in [2.24, 2.45) is 0 Å². The number of para-hydroxylation sites is 1. The number of aromatic nitrogens is 1. The highest BCUT2D eigenvalue weighted by Crippen LogP contribution is 2.34. The van der Waals surface area contributed by atoms with Gasteiger partial charge in [-0.1, -0.05) is 12.1 Å². The second kappa shape index (κ2) is 6.57. The van der Waals surface area contributed by atoms with Crippen LogP contribution in [0.15, 0.2) is 36.4 Å². The van der Waals surface area contributed by atoms with Crippen molar-refractivity contribution in [1.29, 1.82) is 0 Å². The van der Waals surface area contributed by atoms with Gasteiger partial charge < -0.3 is 10.1 Å². The van der Waals surface area contributed by atoms with Crippen molar-refractivity contribution < 1.29 is 14.3 Å². The van der Waals surface area contributed by atoms with Gasteiger partial charge in [0.15, 0.2) is 6.10 Å². The Balaban J connectivity index is 1.46. The molecule has 25 heavy (non-hydrogen) atoms. The summed E-state index contributed by atoms with van der Waals surface area (Å²) in [6.07, 6.45) is 1.22. The first-order valence-corrected chi connectivity index (χ1v) is 9.70. The van der Waals surface area contributed by atoms with Crippen LogP contribution in [0.2, 0.25) is 0 Å². The number of amides is 1. The molecule has 1 aliphatic rings. The zero-order valence-electron chi connectivity index (χ0n) is 13.5. The van der Waals surface area contributed by atoms with E-state index in [4.69, 9.17) is 4.74 Å². The summed E-state index contributed by atoms with van der Waals surface area (Å²) in [4.78, 5) is 30.2. The lowest BCUT2D eigenvalue weighted by Crippen LogP contribution is -2.36. The number of ether oxygens (including phenoxy) is 1. The van der Waals surface area contributed by atoms with Crippen molar-refractivity contribution in [2.75, 3.05) is 0 Å². The summed E-state index contributed by atoms with van der Waals surface area (Å²) in [5.74, 6) is -0.713. The highest BCUT2D eigenvalue weighted by atomic mass is 32.1. The quantitative estimate of drug-likeness (QED) is 0.691. The van der Waals surface area contributed by atoms with Gasteiger partial charge >= 0.3 is 5.97 Å². The minimum absolute atomic E-state index is 0.237. The summed E-state index contributed by atoms with van der Waals surface area (Å²) < 4.78 is 6.39. The normalized spacial score (nSPS) is 15.1. The predicted octanol–water partition coefficient (Wildman–Crippen LogP) is 3.85. The number of fused-ring (bicyclic) bond motifs is 1. The Morgan fingerprint density at radius 2 is 2.00 bits per heavy atom. The maximum Gasteiger partial charge on any atom is 0.349 e. The van der Waals surface area contributed by atoms with Gasteiger partial charge in [-0.25, -0.2) is 9.78 Å². The van der Waals surface area contributed by atoms with E-state index in [-0.39, 0.29) is 11.9 Å². The SMILES string of the molecule is CC(OC(=O)c1ccc(-c2nc3ccccc3s2)s1)C(=O)NC1CC1. The first-order chi connectivity index (χ1) is 12.1. The lowest BCUT2D eigenvalue weighted by atomic mass is 10.3. The van der Waals surface area contributed by atoms with Crippen molar-refractivity contribution in [3.63, 3.8) is 0 Å². The maximum absolute atomic E-state index is 12.3. The summed E-state index contributed by atoms with van der Waals surface area (Å²) >= 11 is 2.92. The summed E-state index contributed by atoms with van der Waals surface area (Å²) in [7, 11) is 0. The third kappa shape index (κ3) is 3.57. The number of nitrogens with zero attached hydrogens (tertiary/aromatic N) is 1. The minimum atomic E-state index is -0.791. The molecule has 0 aliphatic heterocycles. The molecule has 2 aromatic heterocycles. The van der Waals surface area contributed by atoms with Crippen molar-refractivity contribution in [3.05, 3.63) is 41.3 Å². The lowest BCUT2D eigenvalue weighted by Gasteiger charge is -2.12. The van der Waals surface area contributed by atoms with E-state index in [0.29, 0.717) is 4.88 Å². The number of thiophene rings is 1. The lowest BCUT2D eigenvalue weighted by molar-refractivity contribution is -0.129. The maximum atomic E-state index is 12.3. The summed E-state index contributed by atoms with van der Waals surface area (Å²) in [5.41, 5.74) is 0.949. The summed E-state index contributed by atoms with van der Waals surface area (Å²) in [5, 5.41) is 3.71. The van der Waals surface area contributed by atoms with Crippen molar-refractivity contribution in [3.8, 4) is 9.88 Å². The van der Waals surface area contributed by atoms with Gasteiger partial charge in [-0.15, -0.1) is 22.7 Å². The molecular weight excluding hydrogens is 356 g/mol. The van der Waals surface area contributed by atoms with Crippen LogP contribution >= 0.6 is 22.7 Å². The van der Waals surface area contributed by atoms with Gasteiger partial charge in [0.05, 0.1) is 15.1 Å². The molecule has 0 bridgehead atoms. The molecule has 5 nitrogen and oxygen atoms in total. The molecule has 0 spiro atoms. The third-order valence-corrected chi connectivity index (χ3v) is 6.16. The zero-order valence-corrected chi connectivity index (χ0v) is 15.2. The molecule has 4 rings (SSSR count). The smallest absolute Gasteiger partial charge is 0.349 e. The fourth-order valence-electron chi connectivity index (χ4n) is 2.36. The largest absolute Gasteiger partial charge is 0.448 e. The molecule has 1 saturated carbocycles. The van der Waals surface area contributed by atoms with Gasteiger partial charge in [0.1, 0.15) is 9.88 Å². The van der Waals surface area contributed by atoms with E-state index in [2.05, 4.69) is 10.3 Å². The second-order valence-electron chi connectivity index (χ2n) is 5.98. The summed E-state index contributed by atoms with van der Waals surface area (Å²) in [6, 6.07) is 11.8. The number of esters is 1. The molecule has 3 aromatic rings. The van der Waals surface area contributed by atoms with E-state index in [0.717, 1.165) is 32.9 Å². The van der Waals surface area contributed by atoms with E-state index in [1.165, 1.54) is 11.3 Å². The standard InChI is InChI=1S/C18H16N2O3S2/c1-10(16(21)19-11-6-7-11)23-18(22)15-9-8-14(24-15)17-20-12-4-2-3-5-13(12)25-17/h2-5,8-11H,6-7H2,1H3,(H,19,21). The Bertz CT molecular complexity index is 910. The van der Waals surface area contributed by atoms with Gasteiger partial charge in [0.25, 0.3) is 5.91 Å². The number of nitrogens with one attached hydrogen (secondary N) is 1. The van der Waals surface area contributed by atoms with Gasteiger partial charge in [0, 0.05) is 6.04 Å². The van der Waals surface area contributed by atoms with Crippen molar-refractivity contribution in [1.82, 2.24) is 10.3 Å². The topological polar surface area (TPSA) is 68.3 Å². The highest BCUT2D eigenvalue weighted by Gasteiger charge is 2.27. The average Bonchev–Trinajstić information content (AvgIpc) is 3.13. The molecule has 1 aliphatic carbocycles. The number of hydrogen-bond acceptors (Lipinski definition) is 6. The first kappa shape index (κ1) is 16.2. The molecular formula is C18H16N2O3S2. The molecule has 2 heterocycles. The monoisotopic (exact) mass is 372 g/mol. The van der Waals surface area contributed by atoms with Gasteiger partial charge in [-0.3, -0.25) is 4.79 Å². The van der Waals surface area contributed by atoms with Crippen LogP contribution < -0.4 is 5.32 Å². The van der Waals surface area contributed by atoms with Gasteiger partial charge in [0.2, 0.25) is 0 Å². The fraction of sp³-hybridized carbons (Fsp3) is 0.278. The molecule has 7 heteroatoms. The molecule has 1 amide bonds. The first-order valence-electron chi connectivity index (χ1n) is 8.07. The van der Waals surface area contributed by atoms with Crippen LogP contribution in [0.1, 0.15) is 29.4 Å². The zero-order chi connectivity index (χ0) is 17.4. The number of thiazole rings is 1. The Kier molecular flexibility index (Phi) is 4.27. The molecule has 1 fully saturated rings. The van der Waals surface area contributed by atoms with Crippen molar-refractivity contribution >= 4 is 44.8 Å². The molecule has 128 valence electrons. The van der Waals surface area contributed by atoms with E-state index >= 15 is 0 Å². The molecule has 1 aromatic carbocycles. The molecule has 0 saturated heterocycles. The van der Waals surface area contributed by atoms with Crippen LogP contribution in [0.25, 0.3) is 20.1 Å². The van der Waals surface area contributed by atoms with Crippen molar-refractivity contribution in [2.45, 2.75) is 31.9 Å². The van der Waals surface area contributed by atoms with Crippen LogP contribution in [-0.4, -0.2) is 29.0 Å². The van der Waals surface area contributed by atoms with Crippen LogP contribution in [0.3, 0.4) is 0 Å². The molecule has 0 radical (unpaired) electrons.